The average Bonchev–Trinajstić information content (AvgIpc) is 2.60. The van der Waals surface area contributed by atoms with Crippen LogP contribution < -0.4 is 0 Å². The molecule has 0 aliphatic carbocycles. The van der Waals surface area contributed by atoms with Crippen LogP contribution in [0.25, 0.3) is 0 Å². The number of benzene rings is 2. The molecule has 0 aromatic heterocycles. The van der Waals surface area contributed by atoms with Crippen LogP contribution in [0, 0.1) is 0 Å². The molecule has 0 fully saturated rings. The van der Waals surface area contributed by atoms with Crippen molar-refractivity contribution in [2.75, 3.05) is 20.7 Å². The minimum absolute atomic E-state index is 0.0220. The van der Waals surface area contributed by atoms with Gasteiger partial charge < -0.3 is 4.74 Å². The Morgan fingerprint density at radius 1 is 1.04 bits per heavy atom. The first-order chi connectivity index (χ1) is 11.7. The number of carbonyl (C=O) groups excluding carboxylic acids is 2. The van der Waals surface area contributed by atoms with Gasteiger partial charge in [-0.1, -0.05) is 34.1 Å². The first kappa shape index (κ1) is 19.3. The molecule has 0 radical (unpaired) electrons. The van der Waals surface area contributed by atoms with Gasteiger partial charge in [-0.15, -0.1) is 0 Å². The second-order valence-electron chi connectivity index (χ2n) is 5.32. The number of carbonyl (C=O) groups is 2. The summed E-state index contributed by atoms with van der Waals surface area (Å²) in [5.74, 6) is -1.11. The van der Waals surface area contributed by atoms with E-state index in [2.05, 4.69) is 15.9 Å². The number of hydrogen-bond donors (Lipinski definition) is 0. The van der Waals surface area contributed by atoms with Gasteiger partial charge in [0.2, 0.25) is 10.0 Å². The number of rotatable bonds is 6. The molecule has 132 valence electrons. The largest absolute Gasteiger partial charge is 0.454 e. The topological polar surface area (TPSA) is 80.8 Å². The van der Waals surface area contributed by atoms with Gasteiger partial charge in [0.05, 0.1) is 10.5 Å². The maximum Gasteiger partial charge on any atom is 0.338 e. The third kappa shape index (κ3) is 4.75. The SMILES string of the molecule is CN(C)S(=O)(=O)c1cccc(C(=O)OCC(=O)c2ccc(Br)cc2)c1. The molecule has 0 N–H and O–H groups in total. The zero-order valence-corrected chi connectivity index (χ0v) is 16.0. The van der Waals surface area contributed by atoms with E-state index in [0.29, 0.717) is 5.56 Å². The van der Waals surface area contributed by atoms with Crippen molar-refractivity contribution in [1.82, 2.24) is 4.31 Å². The molecular weight excluding hydrogens is 410 g/mol. The van der Waals surface area contributed by atoms with Gasteiger partial charge in [0.25, 0.3) is 0 Å². The molecule has 0 atom stereocenters. The summed E-state index contributed by atoms with van der Waals surface area (Å²) in [7, 11) is -0.857. The maximum absolute atomic E-state index is 12.1. The molecule has 0 bridgehead atoms. The molecular formula is C17H16BrNO5S. The van der Waals surface area contributed by atoms with E-state index in [4.69, 9.17) is 4.74 Å². The molecule has 0 heterocycles. The van der Waals surface area contributed by atoms with Gasteiger partial charge in [-0.25, -0.2) is 17.5 Å². The standard InChI is InChI=1S/C17H16BrNO5S/c1-19(2)25(22,23)15-5-3-4-13(10-15)17(21)24-11-16(20)12-6-8-14(18)9-7-12/h3-10H,11H2,1-2H3. The highest BCUT2D eigenvalue weighted by molar-refractivity contribution is 9.10. The fourth-order valence-corrected chi connectivity index (χ4v) is 3.14. The summed E-state index contributed by atoms with van der Waals surface area (Å²) < 4.78 is 31.1. The first-order valence-corrected chi connectivity index (χ1v) is 9.43. The second-order valence-corrected chi connectivity index (χ2v) is 8.39. The van der Waals surface area contributed by atoms with Gasteiger partial charge in [-0.2, -0.15) is 0 Å². The van der Waals surface area contributed by atoms with Crippen LogP contribution in [-0.4, -0.2) is 45.2 Å². The predicted octanol–water partition coefficient (Wildman–Crippen LogP) is 2.74. The zero-order chi connectivity index (χ0) is 18.6. The van der Waals surface area contributed by atoms with Crippen molar-refractivity contribution < 1.29 is 22.7 Å². The van der Waals surface area contributed by atoms with E-state index in [9.17, 15) is 18.0 Å². The van der Waals surface area contributed by atoms with Gasteiger partial charge in [0, 0.05) is 24.1 Å². The highest BCUT2D eigenvalue weighted by atomic mass is 79.9. The highest BCUT2D eigenvalue weighted by Crippen LogP contribution is 2.16. The van der Waals surface area contributed by atoms with E-state index in [1.54, 1.807) is 24.3 Å². The monoisotopic (exact) mass is 425 g/mol. The van der Waals surface area contributed by atoms with Crippen molar-refractivity contribution in [3.8, 4) is 0 Å². The molecule has 0 saturated carbocycles. The summed E-state index contributed by atoms with van der Waals surface area (Å²) in [6.07, 6.45) is 0. The fourth-order valence-electron chi connectivity index (χ4n) is 1.93. The molecule has 0 amide bonds. The van der Waals surface area contributed by atoms with E-state index in [1.807, 2.05) is 0 Å². The average molecular weight is 426 g/mol. The van der Waals surface area contributed by atoms with Crippen LogP contribution in [0.4, 0.5) is 0 Å². The minimum Gasteiger partial charge on any atom is -0.454 e. The lowest BCUT2D eigenvalue weighted by Gasteiger charge is -2.12. The Labute approximate surface area is 154 Å². The van der Waals surface area contributed by atoms with Gasteiger partial charge >= 0.3 is 5.97 Å². The Kier molecular flexibility index (Phi) is 6.10. The molecule has 6 nitrogen and oxygen atoms in total. The number of Topliss-reactive ketones (excluding diaryl/α,β-unsaturated/α-hetero) is 1. The van der Waals surface area contributed by atoms with Crippen molar-refractivity contribution in [2.24, 2.45) is 0 Å². The van der Waals surface area contributed by atoms with Gasteiger partial charge in [0.15, 0.2) is 12.4 Å². The summed E-state index contributed by atoms with van der Waals surface area (Å²) in [6.45, 7) is -0.425. The molecule has 0 aliphatic heterocycles. The van der Waals surface area contributed by atoms with Crippen molar-refractivity contribution in [3.63, 3.8) is 0 Å². The van der Waals surface area contributed by atoms with Gasteiger partial charge in [-0.05, 0) is 30.3 Å². The van der Waals surface area contributed by atoms with Crippen LogP contribution >= 0.6 is 15.9 Å². The number of nitrogens with zero attached hydrogens (tertiary/aromatic N) is 1. The normalized spacial score (nSPS) is 11.4. The Bertz CT molecular complexity index is 892. The number of sulfonamides is 1. The first-order valence-electron chi connectivity index (χ1n) is 7.20. The quantitative estimate of drug-likeness (QED) is 0.524. The summed E-state index contributed by atoms with van der Waals surface area (Å²) in [5, 5.41) is 0. The van der Waals surface area contributed by atoms with Crippen molar-refractivity contribution in [1.29, 1.82) is 0 Å². The molecule has 2 aromatic carbocycles. The van der Waals surface area contributed by atoms with E-state index in [-0.39, 0.29) is 16.2 Å². The van der Waals surface area contributed by atoms with Crippen LogP contribution in [0.3, 0.4) is 0 Å². The summed E-state index contributed by atoms with van der Waals surface area (Å²) in [5.41, 5.74) is 0.478. The van der Waals surface area contributed by atoms with Crippen LogP contribution in [-0.2, 0) is 14.8 Å². The summed E-state index contributed by atoms with van der Waals surface area (Å²) >= 11 is 3.27. The smallest absolute Gasteiger partial charge is 0.338 e. The molecule has 25 heavy (non-hydrogen) atoms. The second kappa shape index (κ2) is 7.90. The van der Waals surface area contributed by atoms with Crippen LogP contribution in [0.15, 0.2) is 57.9 Å². The summed E-state index contributed by atoms with van der Waals surface area (Å²) in [6, 6.07) is 12.1. The molecule has 2 aromatic rings. The number of halogens is 1. The van der Waals surface area contributed by atoms with Gasteiger partial charge in [0.1, 0.15) is 0 Å². The third-order valence-electron chi connectivity index (χ3n) is 3.35. The predicted molar refractivity (Wildman–Crippen MR) is 96.1 cm³/mol. The number of hydrogen-bond acceptors (Lipinski definition) is 5. The third-order valence-corrected chi connectivity index (χ3v) is 5.69. The zero-order valence-electron chi connectivity index (χ0n) is 13.6. The maximum atomic E-state index is 12.1. The van der Waals surface area contributed by atoms with Crippen LogP contribution in [0.5, 0.6) is 0 Å². The molecule has 0 unspecified atom stereocenters. The van der Waals surface area contributed by atoms with E-state index >= 15 is 0 Å². The summed E-state index contributed by atoms with van der Waals surface area (Å²) in [4.78, 5) is 24.1. The minimum atomic E-state index is -3.66. The lowest BCUT2D eigenvalue weighted by atomic mass is 10.1. The van der Waals surface area contributed by atoms with Crippen molar-refractivity contribution in [2.45, 2.75) is 4.90 Å². The Morgan fingerprint density at radius 2 is 1.68 bits per heavy atom. The van der Waals surface area contributed by atoms with Crippen LogP contribution in [0.2, 0.25) is 0 Å². The lowest BCUT2D eigenvalue weighted by Crippen LogP contribution is -2.22. The Hall–Kier alpha value is -2.03. The van der Waals surface area contributed by atoms with Crippen molar-refractivity contribution in [3.05, 3.63) is 64.1 Å². The Balaban J connectivity index is 2.09. The lowest BCUT2D eigenvalue weighted by molar-refractivity contribution is 0.0474. The van der Waals surface area contributed by atoms with Gasteiger partial charge in [-0.3, -0.25) is 4.79 Å². The number of ketones is 1. The number of esters is 1. The van der Waals surface area contributed by atoms with E-state index < -0.39 is 22.6 Å². The van der Waals surface area contributed by atoms with Crippen LogP contribution in [0.1, 0.15) is 20.7 Å². The molecule has 0 spiro atoms. The Morgan fingerprint density at radius 3 is 2.28 bits per heavy atom. The number of ether oxygens (including phenoxy) is 1. The molecule has 8 heteroatoms. The molecule has 2 rings (SSSR count). The van der Waals surface area contributed by atoms with E-state index in [1.165, 1.54) is 38.4 Å². The van der Waals surface area contributed by atoms with E-state index in [0.717, 1.165) is 8.78 Å². The van der Waals surface area contributed by atoms with Crippen molar-refractivity contribution >= 4 is 37.7 Å². The fraction of sp³-hybridized carbons (Fsp3) is 0.176. The molecule has 0 saturated heterocycles. The molecule has 0 aliphatic rings. The highest BCUT2D eigenvalue weighted by Gasteiger charge is 2.19.